The highest BCUT2D eigenvalue weighted by atomic mass is 19.4. The van der Waals surface area contributed by atoms with E-state index in [-0.39, 0.29) is 59.1 Å². The van der Waals surface area contributed by atoms with Gasteiger partial charge in [0, 0.05) is 60.9 Å². The molecule has 6 rings (SSSR count). The van der Waals surface area contributed by atoms with Crippen LogP contribution in [0.2, 0.25) is 0 Å². The molecule has 2 aromatic carbocycles. The third-order valence-corrected chi connectivity index (χ3v) is 12.0. The van der Waals surface area contributed by atoms with Crippen molar-refractivity contribution < 1.29 is 71.7 Å². The fourth-order valence-corrected chi connectivity index (χ4v) is 7.83. The molecule has 60 heavy (non-hydrogen) atoms. The van der Waals surface area contributed by atoms with Gasteiger partial charge in [-0.1, -0.05) is 0 Å². The number of alkyl halides is 12. The molecule has 20 heteroatoms. The Morgan fingerprint density at radius 2 is 0.817 bits per heavy atom. The van der Waals surface area contributed by atoms with Crippen molar-refractivity contribution in [2.45, 2.75) is 114 Å². The fraction of sp³-hybridized carbons (Fsp3) is 0.650. The van der Waals surface area contributed by atoms with E-state index in [1.165, 1.54) is 13.8 Å². The average Bonchev–Trinajstić information content (AvgIpc) is 3.72. The van der Waals surface area contributed by atoms with E-state index in [2.05, 4.69) is 21.3 Å². The van der Waals surface area contributed by atoms with Gasteiger partial charge in [-0.25, -0.2) is 0 Å². The van der Waals surface area contributed by atoms with E-state index >= 15 is 0 Å². The van der Waals surface area contributed by atoms with E-state index in [9.17, 15) is 62.3 Å². The minimum Gasteiger partial charge on any atom is -0.372 e. The number of benzene rings is 2. The Labute approximate surface area is 338 Å². The highest BCUT2D eigenvalue weighted by Gasteiger charge is 2.47. The van der Waals surface area contributed by atoms with Gasteiger partial charge in [0.2, 0.25) is 11.8 Å². The second-order valence-corrected chi connectivity index (χ2v) is 17.3. The van der Waals surface area contributed by atoms with Crippen LogP contribution in [0.3, 0.4) is 0 Å². The van der Waals surface area contributed by atoms with Gasteiger partial charge in [-0.15, -0.1) is 0 Å². The molecule has 0 saturated carbocycles. The molecule has 8 nitrogen and oxygen atoms in total. The van der Waals surface area contributed by atoms with E-state index in [1.807, 2.05) is 13.8 Å². The predicted octanol–water partition coefficient (Wildman–Crippen LogP) is 8.90. The smallest absolute Gasteiger partial charge is 0.372 e. The van der Waals surface area contributed by atoms with Crippen LogP contribution in [0.5, 0.6) is 0 Å². The molecule has 2 amide bonds. The molecule has 6 atom stereocenters. The van der Waals surface area contributed by atoms with Crippen molar-refractivity contribution in [1.82, 2.24) is 21.3 Å². The molecule has 0 radical (unpaired) electrons. The monoisotopic (exact) mass is 876 g/mol. The van der Waals surface area contributed by atoms with Crippen molar-refractivity contribution in [3.63, 3.8) is 0 Å². The van der Waals surface area contributed by atoms with Crippen molar-refractivity contribution >= 4 is 11.8 Å². The van der Waals surface area contributed by atoms with Gasteiger partial charge in [-0.3, -0.25) is 9.59 Å². The van der Waals surface area contributed by atoms with Gasteiger partial charge in [0.25, 0.3) is 0 Å². The molecule has 4 aliphatic heterocycles. The van der Waals surface area contributed by atoms with Crippen molar-refractivity contribution in [2.24, 2.45) is 10.8 Å². The van der Waals surface area contributed by atoms with Crippen LogP contribution in [0.25, 0.3) is 0 Å². The van der Waals surface area contributed by atoms with Crippen molar-refractivity contribution in [2.75, 3.05) is 39.4 Å². The normalized spacial score (nSPS) is 28.6. The topological polar surface area (TPSA) is 101 Å². The number of hydrogen-bond donors (Lipinski definition) is 4. The minimum absolute atomic E-state index is 0.00953. The summed E-state index contributed by atoms with van der Waals surface area (Å²) in [6.45, 7) is 9.24. The molecule has 336 valence electrons. The molecule has 4 saturated heterocycles. The van der Waals surface area contributed by atoms with Crippen molar-refractivity contribution in [3.8, 4) is 0 Å². The zero-order valence-electron chi connectivity index (χ0n) is 33.3. The first-order valence-electron chi connectivity index (χ1n) is 19.3. The van der Waals surface area contributed by atoms with E-state index in [0.717, 1.165) is 12.8 Å². The van der Waals surface area contributed by atoms with Crippen LogP contribution < -0.4 is 21.3 Å². The summed E-state index contributed by atoms with van der Waals surface area (Å²) in [6.07, 6.45) is -17.7. The maximum absolute atomic E-state index is 13.1. The Hall–Kier alpha value is -3.62. The molecular formula is C40H48F12N4O4. The quantitative estimate of drug-likeness (QED) is 0.198. The standard InChI is InChI=1S/2C20H24F6N2O2/c2*1-12(13-5-14(19(21,22)23)7-15(6-13)20(24,25)26)30-11-17(2)3-4-18(10-28-17)8-16(29)27-9-18/h2*5-7,12,28H,3-4,8-11H2,1-2H3,(H,27,29)/t12-,17-,18+;12-,17-,18-/m11/s1. The first-order chi connectivity index (χ1) is 27.4. The molecule has 0 bridgehead atoms. The van der Waals surface area contributed by atoms with Crippen LogP contribution in [0.1, 0.15) is 112 Å². The Morgan fingerprint density at radius 1 is 0.517 bits per heavy atom. The summed E-state index contributed by atoms with van der Waals surface area (Å²) >= 11 is 0. The molecule has 4 aliphatic rings. The first kappa shape index (κ1) is 47.4. The largest absolute Gasteiger partial charge is 0.416 e. The lowest BCUT2D eigenvalue weighted by Crippen LogP contribution is -2.56. The number of halogens is 12. The van der Waals surface area contributed by atoms with Crippen LogP contribution in [0.4, 0.5) is 52.7 Å². The second-order valence-electron chi connectivity index (χ2n) is 17.3. The molecule has 0 aromatic heterocycles. The fourth-order valence-electron chi connectivity index (χ4n) is 7.83. The molecular weight excluding hydrogens is 828 g/mol. The molecule has 4 heterocycles. The number of nitrogens with one attached hydrogen (secondary N) is 4. The number of hydrogen-bond acceptors (Lipinski definition) is 6. The number of ether oxygens (including phenoxy) is 2. The van der Waals surface area contributed by atoms with E-state index in [1.54, 1.807) is 0 Å². The Kier molecular flexibility index (Phi) is 13.4. The number of carbonyl (C=O) groups excluding carboxylic acids is 2. The van der Waals surface area contributed by atoms with Gasteiger partial charge in [-0.2, -0.15) is 52.7 Å². The third-order valence-electron chi connectivity index (χ3n) is 12.0. The zero-order valence-corrected chi connectivity index (χ0v) is 33.3. The lowest BCUT2D eigenvalue weighted by atomic mass is 9.74. The van der Waals surface area contributed by atoms with Crippen LogP contribution in [0.15, 0.2) is 36.4 Å². The molecule has 2 aromatic rings. The summed E-state index contributed by atoms with van der Waals surface area (Å²) in [4.78, 5) is 23.0. The van der Waals surface area contributed by atoms with Crippen LogP contribution >= 0.6 is 0 Å². The summed E-state index contributed by atoms with van der Waals surface area (Å²) in [7, 11) is 0. The number of piperidine rings is 2. The van der Waals surface area contributed by atoms with E-state index in [4.69, 9.17) is 9.47 Å². The number of rotatable bonds is 8. The van der Waals surface area contributed by atoms with Gasteiger partial charge >= 0.3 is 24.7 Å². The average molecular weight is 877 g/mol. The lowest BCUT2D eigenvalue weighted by molar-refractivity contribution is -0.145. The Morgan fingerprint density at radius 3 is 1.03 bits per heavy atom. The van der Waals surface area contributed by atoms with Gasteiger partial charge in [-0.05, 0) is 101 Å². The van der Waals surface area contributed by atoms with Crippen LogP contribution in [0, 0.1) is 10.8 Å². The number of amides is 2. The SMILES string of the molecule is C[C@@H](OC[C@@]1(C)CC[C@@]2(CNC(=O)C2)CN1)c1cc(C(F)(F)F)cc(C(F)(F)F)c1.C[C@@H](OC[C@@]1(C)CC[C@]2(CNC(=O)C2)CN1)c1cc(C(F)(F)F)cc(C(F)(F)F)c1. The second kappa shape index (κ2) is 16.9. The van der Waals surface area contributed by atoms with Crippen molar-refractivity contribution in [3.05, 3.63) is 69.8 Å². The van der Waals surface area contributed by atoms with Gasteiger partial charge in [0.15, 0.2) is 0 Å². The third kappa shape index (κ3) is 11.8. The summed E-state index contributed by atoms with van der Waals surface area (Å²) in [5.74, 6) is 0.0191. The summed E-state index contributed by atoms with van der Waals surface area (Å²) in [5.41, 5.74) is -7.06. The predicted molar refractivity (Wildman–Crippen MR) is 193 cm³/mol. The minimum atomic E-state index is -4.90. The maximum atomic E-state index is 13.1. The first-order valence-corrected chi connectivity index (χ1v) is 19.3. The molecule has 4 N–H and O–H groups in total. The molecule has 0 aliphatic carbocycles. The van der Waals surface area contributed by atoms with E-state index in [0.29, 0.717) is 76.1 Å². The Bertz CT molecular complexity index is 1660. The molecule has 2 spiro atoms. The zero-order chi connectivity index (χ0) is 44.7. The van der Waals surface area contributed by atoms with Gasteiger partial charge in [0.05, 0.1) is 47.7 Å². The highest BCUT2D eigenvalue weighted by Crippen LogP contribution is 2.42. The van der Waals surface area contributed by atoms with Crippen LogP contribution in [-0.2, 0) is 43.8 Å². The summed E-state index contributed by atoms with van der Waals surface area (Å²) < 4.78 is 168. The van der Waals surface area contributed by atoms with Gasteiger partial charge in [0.1, 0.15) is 0 Å². The molecule has 4 fully saturated rings. The maximum Gasteiger partial charge on any atom is 0.416 e. The van der Waals surface area contributed by atoms with Crippen molar-refractivity contribution in [1.29, 1.82) is 0 Å². The highest BCUT2D eigenvalue weighted by molar-refractivity contribution is 5.79. The summed E-state index contributed by atoms with van der Waals surface area (Å²) in [5, 5.41) is 12.3. The van der Waals surface area contributed by atoms with Crippen LogP contribution in [-0.4, -0.2) is 62.3 Å². The Balaban J connectivity index is 0.000000228. The van der Waals surface area contributed by atoms with E-state index < -0.39 is 70.2 Å². The number of carbonyl (C=O) groups is 2. The molecule has 0 unspecified atom stereocenters. The summed E-state index contributed by atoms with van der Waals surface area (Å²) in [6, 6.07) is 3.00. The lowest BCUT2D eigenvalue weighted by Gasteiger charge is -2.43. The van der Waals surface area contributed by atoms with Gasteiger partial charge < -0.3 is 30.7 Å².